The molecule has 0 spiro atoms. The van der Waals surface area contributed by atoms with Crippen molar-refractivity contribution in [2.75, 3.05) is 23.3 Å². The number of nitrogens with zero attached hydrogens (tertiary/aromatic N) is 3. The van der Waals surface area contributed by atoms with Crippen LogP contribution in [-0.4, -0.2) is 40.9 Å². The Labute approximate surface area is 120 Å². The average Bonchev–Trinajstić information content (AvgIpc) is 2.26. The van der Waals surface area contributed by atoms with E-state index in [1.54, 1.807) is 13.0 Å². The highest BCUT2D eigenvalue weighted by atomic mass is 79.9. The summed E-state index contributed by atoms with van der Waals surface area (Å²) in [4.78, 5) is 9.82. The number of halogens is 3. The highest BCUT2D eigenvalue weighted by Gasteiger charge is 2.16. The molecule has 0 bridgehead atoms. The van der Waals surface area contributed by atoms with Gasteiger partial charge in [0.05, 0.1) is 12.6 Å². The maximum absolute atomic E-state index is 12.6. The van der Waals surface area contributed by atoms with Crippen molar-refractivity contribution in [2.45, 2.75) is 33.3 Å². The number of alkyl halides is 3. The van der Waals surface area contributed by atoms with Gasteiger partial charge < -0.3 is 9.64 Å². The molecule has 1 heterocycles. The summed E-state index contributed by atoms with van der Waals surface area (Å²) in [5.41, 5.74) is 0.689. The summed E-state index contributed by atoms with van der Waals surface area (Å²) in [5, 5.41) is 0.567. The molecule has 108 valence electrons. The second-order valence-corrected chi connectivity index (χ2v) is 5.13. The summed E-state index contributed by atoms with van der Waals surface area (Å²) < 4.78 is 30.6. The molecule has 0 N–H and O–H groups in total. The van der Waals surface area contributed by atoms with Gasteiger partial charge in [0.15, 0.2) is 0 Å². The van der Waals surface area contributed by atoms with Crippen molar-refractivity contribution in [2.24, 2.45) is 0 Å². The third-order valence-corrected chi connectivity index (χ3v) is 2.53. The van der Waals surface area contributed by atoms with Gasteiger partial charge >= 0.3 is 0 Å². The lowest BCUT2D eigenvalue weighted by Crippen LogP contribution is -2.32. The predicted molar refractivity (Wildman–Crippen MR) is 74.5 cm³/mol. The first-order chi connectivity index (χ1) is 8.92. The Morgan fingerprint density at radius 3 is 2.58 bits per heavy atom. The van der Waals surface area contributed by atoms with Gasteiger partial charge in [-0.3, -0.25) is 0 Å². The maximum atomic E-state index is 12.6. The van der Waals surface area contributed by atoms with Crippen LogP contribution in [0.3, 0.4) is 0 Å². The number of rotatable bonds is 7. The molecule has 4 nitrogen and oxygen atoms in total. The Kier molecular flexibility index (Phi) is 6.41. The topological polar surface area (TPSA) is 38.2 Å². The molecule has 7 heteroatoms. The van der Waals surface area contributed by atoms with Crippen molar-refractivity contribution in [3.63, 3.8) is 0 Å². The predicted octanol–water partition coefficient (Wildman–Crippen LogP) is 3.04. The Morgan fingerprint density at radius 2 is 2.05 bits per heavy atom. The fourth-order valence-electron chi connectivity index (χ4n) is 1.51. The van der Waals surface area contributed by atoms with E-state index in [1.807, 2.05) is 13.8 Å². The van der Waals surface area contributed by atoms with E-state index in [2.05, 4.69) is 25.9 Å². The zero-order valence-electron chi connectivity index (χ0n) is 11.2. The number of anilines is 1. The molecule has 1 aromatic heterocycles. The molecule has 0 unspecified atom stereocenters. The van der Waals surface area contributed by atoms with Crippen molar-refractivity contribution >= 4 is 21.9 Å². The number of hydrogen-bond donors (Lipinski definition) is 0. The molecule has 19 heavy (non-hydrogen) atoms. The summed E-state index contributed by atoms with van der Waals surface area (Å²) >= 11 is 3.24. The van der Waals surface area contributed by atoms with Crippen LogP contribution < -0.4 is 9.64 Å². The molecule has 0 aliphatic carbocycles. The molecular weight excluding hydrogens is 320 g/mol. The van der Waals surface area contributed by atoms with E-state index in [1.165, 1.54) is 4.90 Å². The van der Waals surface area contributed by atoms with Crippen molar-refractivity contribution < 1.29 is 13.5 Å². The SMILES string of the molecule is Cc1cc(OC(C)C)nc(N(CCBr)CC(F)F)n1. The van der Waals surface area contributed by atoms with Gasteiger partial charge in [-0.1, -0.05) is 15.9 Å². The first-order valence-corrected chi connectivity index (χ1v) is 7.16. The quantitative estimate of drug-likeness (QED) is 0.717. The molecular formula is C12H18BrF2N3O. The minimum Gasteiger partial charge on any atom is -0.475 e. The Morgan fingerprint density at radius 1 is 1.37 bits per heavy atom. The summed E-state index contributed by atoms with van der Waals surface area (Å²) in [7, 11) is 0. The molecule has 0 saturated carbocycles. The first-order valence-electron chi connectivity index (χ1n) is 6.03. The molecule has 1 rings (SSSR count). The largest absolute Gasteiger partial charge is 0.475 e. The third kappa shape index (κ3) is 5.67. The highest BCUT2D eigenvalue weighted by Crippen LogP contribution is 2.17. The van der Waals surface area contributed by atoms with Gasteiger partial charge in [0.1, 0.15) is 0 Å². The van der Waals surface area contributed by atoms with Crippen molar-refractivity contribution in [1.82, 2.24) is 9.97 Å². The minimum atomic E-state index is -2.43. The van der Waals surface area contributed by atoms with Gasteiger partial charge in [0.2, 0.25) is 11.8 Å². The number of aromatic nitrogens is 2. The van der Waals surface area contributed by atoms with Crippen LogP contribution in [0.5, 0.6) is 5.88 Å². The molecule has 0 aliphatic rings. The summed E-state index contributed by atoms with van der Waals surface area (Å²) in [6.07, 6.45) is -2.46. The maximum Gasteiger partial charge on any atom is 0.255 e. The summed E-state index contributed by atoms with van der Waals surface area (Å²) in [6.45, 7) is 5.57. The van der Waals surface area contributed by atoms with Gasteiger partial charge in [0, 0.05) is 23.6 Å². The van der Waals surface area contributed by atoms with E-state index in [9.17, 15) is 8.78 Å². The van der Waals surface area contributed by atoms with E-state index in [-0.39, 0.29) is 12.1 Å². The van der Waals surface area contributed by atoms with Crippen molar-refractivity contribution in [3.8, 4) is 5.88 Å². The van der Waals surface area contributed by atoms with Crippen molar-refractivity contribution in [3.05, 3.63) is 11.8 Å². The zero-order chi connectivity index (χ0) is 14.4. The number of ether oxygens (including phenoxy) is 1. The first kappa shape index (κ1) is 16.1. The van der Waals surface area contributed by atoms with Gasteiger partial charge in [-0.15, -0.1) is 0 Å². The fourth-order valence-corrected chi connectivity index (χ4v) is 1.94. The van der Waals surface area contributed by atoms with Gasteiger partial charge in [-0.05, 0) is 20.8 Å². The molecule has 0 aromatic carbocycles. The molecule has 0 fully saturated rings. The molecule has 0 saturated heterocycles. The van der Waals surface area contributed by atoms with Crippen molar-refractivity contribution in [1.29, 1.82) is 0 Å². The standard InChI is InChI=1S/C12H18BrF2N3O/c1-8(2)19-11-6-9(3)16-12(17-11)18(5-4-13)7-10(14)15/h6,8,10H,4-5,7H2,1-3H3. The molecule has 0 aliphatic heterocycles. The Hall–Kier alpha value is -0.980. The normalized spacial score (nSPS) is 11.2. The van der Waals surface area contributed by atoms with Gasteiger partial charge in [-0.25, -0.2) is 13.8 Å². The second-order valence-electron chi connectivity index (χ2n) is 4.34. The average molecular weight is 338 g/mol. The van der Waals surface area contributed by atoms with Crippen LogP contribution in [0.1, 0.15) is 19.5 Å². The lowest BCUT2D eigenvalue weighted by atomic mass is 10.4. The van der Waals surface area contributed by atoms with E-state index in [4.69, 9.17) is 4.74 Å². The molecule has 0 radical (unpaired) electrons. The second kappa shape index (κ2) is 7.57. The van der Waals surface area contributed by atoms with Crippen LogP contribution in [0.15, 0.2) is 6.07 Å². The minimum absolute atomic E-state index is 0.0260. The highest BCUT2D eigenvalue weighted by molar-refractivity contribution is 9.09. The lowest BCUT2D eigenvalue weighted by Gasteiger charge is -2.22. The monoisotopic (exact) mass is 337 g/mol. The van der Waals surface area contributed by atoms with E-state index >= 15 is 0 Å². The number of hydrogen-bond acceptors (Lipinski definition) is 4. The smallest absolute Gasteiger partial charge is 0.255 e. The Balaban J connectivity index is 2.97. The van der Waals surface area contributed by atoms with Crippen LogP contribution in [0, 0.1) is 6.92 Å². The molecule has 1 aromatic rings. The van der Waals surface area contributed by atoms with Gasteiger partial charge in [-0.2, -0.15) is 4.98 Å². The molecule has 0 atom stereocenters. The van der Waals surface area contributed by atoms with E-state index in [0.717, 1.165) is 0 Å². The Bertz CT molecular complexity index is 405. The van der Waals surface area contributed by atoms with Crippen LogP contribution in [-0.2, 0) is 0 Å². The summed E-state index contributed by atoms with van der Waals surface area (Å²) in [5.74, 6) is 0.682. The number of aryl methyl sites for hydroxylation is 1. The van der Waals surface area contributed by atoms with Crippen LogP contribution >= 0.6 is 15.9 Å². The summed E-state index contributed by atoms with van der Waals surface area (Å²) in [6, 6.07) is 1.69. The van der Waals surface area contributed by atoms with Crippen LogP contribution in [0.4, 0.5) is 14.7 Å². The van der Waals surface area contributed by atoms with E-state index < -0.39 is 13.0 Å². The van der Waals surface area contributed by atoms with Crippen LogP contribution in [0.2, 0.25) is 0 Å². The fraction of sp³-hybridized carbons (Fsp3) is 0.667. The van der Waals surface area contributed by atoms with Gasteiger partial charge in [0.25, 0.3) is 6.43 Å². The zero-order valence-corrected chi connectivity index (χ0v) is 12.8. The van der Waals surface area contributed by atoms with Crippen LogP contribution in [0.25, 0.3) is 0 Å². The molecule has 0 amide bonds. The third-order valence-electron chi connectivity index (χ3n) is 2.17. The van der Waals surface area contributed by atoms with E-state index in [0.29, 0.717) is 23.4 Å². The lowest BCUT2D eigenvalue weighted by molar-refractivity contribution is 0.154.